The van der Waals surface area contributed by atoms with Crippen LogP contribution in [0.5, 0.6) is 0 Å². The van der Waals surface area contributed by atoms with E-state index in [-0.39, 0.29) is 0 Å². The summed E-state index contributed by atoms with van der Waals surface area (Å²) in [7, 11) is 0. The smallest absolute Gasteiger partial charge is 0.163 e. The highest BCUT2D eigenvalue weighted by atomic mass is 32.1. The van der Waals surface area contributed by atoms with Gasteiger partial charge in [0, 0.05) is 58.4 Å². The van der Waals surface area contributed by atoms with Crippen LogP contribution in [0.2, 0.25) is 0 Å². The van der Waals surface area contributed by atoms with Gasteiger partial charge in [-0.25, -0.2) is 9.97 Å². The first-order valence-electron chi connectivity index (χ1n) is 18.6. The van der Waals surface area contributed by atoms with Gasteiger partial charge in [-0.05, 0) is 83.9 Å². The van der Waals surface area contributed by atoms with Gasteiger partial charge in [0.05, 0.1) is 27.6 Å². The topological polar surface area (TPSA) is 35.6 Å². The number of nitrogens with zero attached hydrogens (tertiary/aromatic N) is 4. The van der Waals surface area contributed by atoms with Gasteiger partial charge in [0.15, 0.2) is 5.82 Å². The van der Waals surface area contributed by atoms with E-state index in [1.165, 1.54) is 63.9 Å². The molecule has 4 heterocycles. The van der Waals surface area contributed by atoms with E-state index in [0.717, 1.165) is 44.8 Å². The maximum atomic E-state index is 5.46. The monoisotopic (exact) mass is 718 g/mol. The normalized spacial score (nSPS) is 12.0. The Bertz CT molecular complexity index is 3500. The molecule has 0 unspecified atom stereocenters. The van der Waals surface area contributed by atoms with Crippen molar-refractivity contribution in [1.82, 2.24) is 19.1 Å². The fourth-order valence-corrected chi connectivity index (χ4v) is 9.87. The lowest BCUT2D eigenvalue weighted by Gasteiger charge is -2.13. The molecule has 0 saturated carbocycles. The molecule has 4 aromatic heterocycles. The van der Waals surface area contributed by atoms with Crippen LogP contribution in [0.1, 0.15) is 0 Å². The van der Waals surface area contributed by atoms with Gasteiger partial charge in [0.25, 0.3) is 0 Å². The molecule has 0 aliphatic heterocycles. The number of fused-ring (bicyclic) bond motifs is 10. The van der Waals surface area contributed by atoms with Gasteiger partial charge in [-0.3, -0.25) is 4.57 Å². The Morgan fingerprint density at radius 2 is 0.945 bits per heavy atom. The van der Waals surface area contributed by atoms with Crippen LogP contribution >= 0.6 is 11.3 Å². The number of hydrogen-bond donors (Lipinski definition) is 0. The second-order valence-electron chi connectivity index (χ2n) is 14.2. The number of hydrogen-bond acceptors (Lipinski definition) is 3. The Kier molecular flexibility index (Phi) is 6.47. The molecule has 0 saturated heterocycles. The molecule has 0 spiro atoms. The molecule has 55 heavy (non-hydrogen) atoms. The van der Waals surface area contributed by atoms with Crippen LogP contribution in [0.25, 0.3) is 109 Å². The molecule has 0 radical (unpaired) electrons. The van der Waals surface area contributed by atoms with Gasteiger partial charge in [-0.1, -0.05) is 109 Å². The zero-order valence-corrected chi connectivity index (χ0v) is 30.3. The number of rotatable bonds is 4. The molecule has 5 heteroatoms. The summed E-state index contributed by atoms with van der Waals surface area (Å²) in [5.41, 5.74) is 10.1. The van der Waals surface area contributed by atoms with E-state index >= 15 is 0 Å². The van der Waals surface area contributed by atoms with Crippen molar-refractivity contribution < 1.29 is 0 Å². The van der Waals surface area contributed by atoms with Gasteiger partial charge in [-0.15, -0.1) is 11.3 Å². The molecule has 0 aliphatic carbocycles. The van der Waals surface area contributed by atoms with Gasteiger partial charge < -0.3 is 4.57 Å². The Balaban J connectivity index is 1.07. The Morgan fingerprint density at radius 1 is 0.382 bits per heavy atom. The number of thiophene rings is 1. The highest BCUT2D eigenvalue weighted by Gasteiger charge is 2.20. The van der Waals surface area contributed by atoms with Crippen molar-refractivity contribution >= 4 is 86.0 Å². The van der Waals surface area contributed by atoms with Crippen LogP contribution in [-0.4, -0.2) is 19.1 Å². The minimum atomic E-state index is 0.733. The van der Waals surface area contributed by atoms with Crippen molar-refractivity contribution in [3.63, 3.8) is 0 Å². The average molecular weight is 719 g/mol. The molecule has 256 valence electrons. The number of para-hydroxylation sites is 4. The largest absolute Gasteiger partial charge is 0.309 e. The van der Waals surface area contributed by atoms with E-state index < -0.39 is 0 Å². The van der Waals surface area contributed by atoms with Crippen LogP contribution in [0.15, 0.2) is 182 Å². The summed E-state index contributed by atoms with van der Waals surface area (Å²) in [6, 6.07) is 65.4. The van der Waals surface area contributed by atoms with Crippen LogP contribution in [0.4, 0.5) is 0 Å². The molecular weight excluding hydrogens is 689 g/mol. The van der Waals surface area contributed by atoms with E-state index in [0.29, 0.717) is 0 Å². The third-order valence-electron chi connectivity index (χ3n) is 11.1. The van der Waals surface area contributed by atoms with Crippen molar-refractivity contribution in [3.8, 4) is 34.0 Å². The summed E-state index contributed by atoms with van der Waals surface area (Å²) < 4.78 is 7.18. The highest BCUT2D eigenvalue weighted by molar-refractivity contribution is 7.26. The summed E-state index contributed by atoms with van der Waals surface area (Å²) in [5.74, 6) is 1.61. The van der Waals surface area contributed by atoms with Crippen LogP contribution in [0, 0.1) is 0 Å². The van der Waals surface area contributed by atoms with Gasteiger partial charge in [0.1, 0.15) is 5.82 Å². The molecule has 4 nitrogen and oxygen atoms in total. The zero-order valence-electron chi connectivity index (χ0n) is 29.5. The van der Waals surface area contributed by atoms with E-state index in [9.17, 15) is 0 Å². The molecule has 8 aromatic carbocycles. The lowest BCUT2D eigenvalue weighted by molar-refractivity contribution is 1.08. The Morgan fingerprint density at radius 3 is 1.69 bits per heavy atom. The third kappa shape index (κ3) is 4.51. The highest BCUT2D eigenvalue weighted by Crippen LogP contribution is 2.42. The molecule has 0 aliphatic rings. The fourth-order valence-electron chi connectivity index (χ4n) is 8.66. The second kappa shape index (κ2) is 11.7. The SMILES string of the molecule is c1ccc(-n2c3ccccc3c3cc(-c4ccc5c(c4)c4ccccc4n5-c4nc(-c5cccc6c5sc5ccccc56)nc5ccccc45)ccc32)cc1. The minimum absolute atomic E-state index is 0.733. The lowest BCUT2D eigenvalue weighted by atomic mass is 10.0. The molecule has 12 rings (SSSR count). The molecule has 0 fully saturated rings. The van der Waals surface area contributed by atoms with Gasteiger partial charge in [-0.2, -0.15) is 0 Å². The first-order valence-corrected chi connectivity index (χ1v) is 19.4. The minimum Gasteiger partial charge on any atom is -0.309 e. The average Bonchev–Trinajstić information content (AvgIpc) is 3.91. The first kappa shape index (κ1) is 30.4. The molecule has 0 N–H and O–H groups in total. The lowest BCUT2D eigenvalue weighted by Crippen LogP contribution is -2.02. The molecule has 12 aromatic rings. The predicted molar refractivity (Wildman–Crippen MR) is 232 cm³/mol. The molecule has 0 amide bonds. The molecular formula is C50H30N4S. The fraction of sp³-hybridized carbons (Fsp3) is 0. The number of benzene rings is 8. The summed E-state index contributed by atoms with van der Waals surface area (Å²) in [6.45, 7) is 0. The van der Waals surface area contributed by atoms with Gasteiger partial charge >= 0.3 is 0 Å². The van der Waals surface area contributed by atoms with Crippen LogP contribution in [-0.2, 0) is 0 Å². The maximum absolute atomic E-state index is 5.46. The Hall–Kier alpha value is -7.08. The third-order valence-corrected chi connectivity index (χ3v) is 12.4. The first-order chi connectivity index (χ1) is 27.3. The number of aromatic nitrogens is 4. The summed E-state index contributed by atoms with van der Waals surface area (Å²) in [4.78, 5) is 10.7. The van der Waals surface area contributed by atoms with Crippen LogP contribution < -0.4 is 0 Å². The van der Waals surface area contributed by atoms with Crippen molar-refractivity contribution in [2.24, 2.45) is 0 Å². The quantitative estimate of drug-likeness (QED) is 0.182. The van der Waals surface area contributed by atoms with Crippen molar-refractivity contribution in [2.45, 2.75) is 0 Å². The second-order valence-corrected chi connectivity index (χ2v) is 15.2. The zero-order chi connectivity index (χ0) is 36.0. The Labute approximate surface area is 319 Å². The predicted octanol–water partition coefficient (Wildman–Crippen LogP) is 13.5. The summed E-state index contributed by atoms with van der Waals surface area (Å²) >= 11 is 1.81. The summed E-state index contributed by atoms with van der Waals surface area (Å²) in [5, 5.41) is 8.40. The van der Waals surface area contributed by atoms with Crippen molar-refractivity contribution in [3.05, 3.63) is 182 Å². The van der Waals surface area contributed by atoms with Gasteiger partial charge in [0.2, 0.25) is 0 Å². The molecule has 0 bridgehead atoms. The van der Waals surface area contributed by atoms with E-state index in [2.05, 4.69) is 191 Å². The van der Waals surface area contributed by atoms with Crippen molar-refractivity contribution in [1.29, 1.82) is 0 Å². The maximum Gasteiger partial charge on any atom is 0.163 e. The van der Waals surface area contributed by atoms with E-state index in [1.54, 1.807) is 0 Å². The standard InChI is InChI=1S/C50H30N4S/c1-2-13-33(14-3-1)53-43-22-9-5-15-34(43)40-29-31(25-27-45(40)53)32-26-28-46-41(30-32)35-16-6-10-23-44(35)54(46)50-38-18-4-8-21-42(38)51-49(52-50)39-20-12-19-37-36-17-7-11-24-47(36)55-48(37)39/h1-30H. The van der Waals surface area contributed by atoms with Crippen LogP contribution in [0.3, 0.4) is 0 Å². The summed E-state index contributed by atoms with van der Waals surface area (Å²) in [6.07, 6.45) is 0. The molecule has 0 atom stereocenters. The van der Waals surface area contributed by atoms with Crippen molar-refractivity contribution in [2.75, 3.05) is 0 Å². The van der Waals surface area contributed by atoms with E-state index in [4.69, 9.17) is 9.97 Å². The van der Waals surface area contributed by atoms with E-state index in [1.807, 2.05) is 11.3 Å².